The lowest BCUT2D eigenvalue weighted by Crippen LogP contribution is -1.93. The number of nitrogens with two attached hydrogens (primary N) is 1. The van der Waals surface area contributed by atoms with Gasteiger partial charge >= 0.3 is 0 Å². The van der Waals surface area contributed by atoms with Gasteiger partial charge in [0.25, 0.3) is 0 Å². The molecule has 4 heteroatoms. The summed E-state index contributed by atoms with van der Waals surface area (Å²) >= 11 is 2.21. The highest BCUT2D eigenvalue weighted by Crippen LogP contribution is 2.28. The molecule has 0 saturated heterocycles. The Bertz CT molecular complexity index is 590. The second-order valence-corrected chi connectivity index (χ2v) is 4.67. The van der Waals surface area contributed by atoms with Gasteiger partial charge in [-0.2, -0.15) is 5.26 Å². The minimum absolute atomic E-state index is 0.461. The standard InChI is InChI=1S/C13H9IN2O/c14-10-2-1-3-11(7-10)17-13-5-4-9(8-15)6-12(13)16/h1-7H,16H2. The Labute approximate surface area is 113 Å². The van der Waals surface area contributed by atoms with Crippen LogP contribution in [-0.4, -0.2) is 0 Å². The van der Waals surface area contributed by atoms with Crippen LogP contribution in [0.2, 0.25) is 0 Å². The average molecular weight is 336 g/mol. The van der Waals surface area contributed by atoms with Crippen molar-refractivity contribution < 1.29 is 4.74 Å². The lowest BCUT2D eigenvalue weighted by Gasteiger charge is -2.08. The topological polar surface area (TPSA) is 59.0 Å². The molecule has 17 heavy (non-hydrogen) atoms. The van der Waals surface area contributed by atoms with E-state index >= 15 is 0 Å². The molecule has 0 aromatic heterocycles. The van der Waals surface area contributed by atoms with Gasteiger partial charge in [0, 0.05) is 3.57 Å². The minimum Gasteiger partial charge on any atom is -0.455 e. The molecule has 0 aliphatic heterocycles. The van der Waals surface area contributed by atoms with Gasteiger partial charge in [0.05, 0.1) is 17.3 Å². The summed E-state index contributed by atoms with van der Waals surface area (Å²) in [4.78, 5) is 0. The van der Waals surface area contributed by atoms with Crippen molar-refractivity contribution in [3.63, 3.8) is 0 Å². The van der Waals surface area contributed by atoms with E-state index in [-0.39, 0.29) is 0 Å². The number of anilines is 1. The van der Waals surface area contributed by atoms with Crippen molar-refractivity contribution in [3.05, 3.63) is 51.6 Å². The van der Waals surface area contributed by atoms with Gasteiger partial charge in [-0.1, -0.05) is 6.07 Å². The summed E-state index contributed by atoms with van der Waals surface area (Å²) in [6.07, 6.45) is 0. The second kappa shape index (κ2) is 5.06. The Morgan fingerprint density at radius 3 is 2.65 bits per heavy atom. The van der Waals surface area contributed by atoms with Gasteiger partial charge in [0.15, 0.2) is 0 Å². The summed E-state index contributed by atoms with van der Waals surface area (Å²) in [6, 6.07) is 14.7. The van der Waals surface area contributed by atoms with Gasteiger partial charge < -0.3 is 10.5 Å². The molecule has 0 unspecified atom stereocenters. The summed E-state index contributed by atoms with van der Waals surface area (Å²) in [5.41, 5.74) is 6.79. The largest absolute Gasteiger partial charge is 0.455 e. The molecule has 3 nitrogen and oxygen atoms in total. The zero-order valence-electron chi connectivity index (χ0n) is 8.85. The van der Waals surface area contributed by atoms with Crippen LogP contribution in [0.25, 0.3) is 0 Å². The highest BCUT2D eigenvalue weighted by atomic mass is 127. The van der Waals surface area contributed by atoms with Gasteiger partial charge in [0.1, 0.15) is 11.5 Å². The van der Waals surface area contributed by atoms with Gasteiger partial charge in [-0.25, -0.2) is 0 Å². The fourth-order valence-corrected chi connectivity index (χ4v) is 1.88. The molecule has 0 amide bonds. The maximum Gasteiger partial charge on any atom is 0.150 e. The number of halogens is 1. The first-order valence-electron chi connectivity index (χ1n) is 4.92. The van der Waals surface area contributed by atoms with Crippen LogP contribution >= 0.6 is 22.6 Å². The van der Waals surface area contributed by atoms with Crippen molar-refractivity contribution in [1.29, 1.82) is 5.26 Å². The van der Waals surface area contributed by atoms with Crippen LogP contribution in [0.4, 0.5) is 5.69 Å². The molecule has 2 aromatic rings. The van der Waals surface area contributed by atoms with Crippen LogP contribution in [0.3, 0.4) is 0 Å². The van der Waals surface area contributed by atoms with Crippen LogP contribution in [-0.2, 0) is 0 Å². The van der Waals surface area contributed by atoms with E-state index < -0.39 is 0 Å². The Hall–Kier alpha value is -1.74. The van der Waals surface area contributed by atoms with Crippen molar-refractivity contribution in [2.45, 2.75) is 0 Å². The number of hydrogen-bond donors (Lipinski definition) is 1. The predicted octanol–water partition coefficient (Wildman–Crippen LogP) is 3.54. The highest BCUT2D eigenvalue weighted by Gasteiger charge is 2.03. The Morgan fingerprint density at radius 2 is 2.00 bits per heavy atom. The van der Waals surface area contributed by atoms with E-state index in [0.29, 0.717) is 17.0 Å². The number of ether oxygens (including phenoxy) is 1. The van der Waals surface area contributed by atoms with Crippen LogP contribution in [0.15, 0.2) is 42.5 Å². The van der Waals surface area contributed by atoms with Crippen LogP contribution < -0.4 is 10.5 Å². The molecule has 0 bridgehead atoms. The third kappa shape index (κ3) is 2.88. The van der Waals surface area contributed by atoms with Gasteiger partial charge in [-0.05, 0) is 59.0 Å². The number of benzene rings is 2. The summed E-state index contributed by atoms with van der Waals surface area (Å²) in [6.45, 7) is 0. The van der Waals surface area contributed by atoms with E-state index in [0.717, 1.165) is 9.32 Å². The van der Waals surface area contributed by atoms with E-state index in [1.807, 2.05) is 30.3 Å². The minimum atomic E-state index is 0.461. The van der Waals surface area contributed by atoms with Crippen LogP contribution in [0.1, 0.15) is 5.56 Å². The third-order valence-electron chi connectivity index (χ3n) is 2.16. The van der Waals surface area contributed by atoms with Crippen LogP contribution in [0.5, 0.6) is 11.5 Å². The van der Waals surface area contributed by atoms with E-state index in [1.54, 1.807) is 18.2 Å². The summed E-state index contributed by atoms with van der Waals surface area (Å²) in [7, 11) is 0. The number of nitrogen functional groups attached to an aromatic ring is 1. The number of nitrogens with zero attached hydrogens (tertiary/aromatic N) is 1. The van der Waals surface area contributed by atoms with E-state index in [1.165, 1.54) is 0 Å². The molecule has 0 spiro atoms. The lowest BCUT2D eigenvalue weighted by molar-refractivity contribution is 0.484. The smallest absolute Gasteiger partial charge is 0.150 e. The van der Waals surface area contributed by atoms with Crippen molar-refractivity contribution in [1.82, 2.24) is 0 Å². The first kappa shape index (κ1) is 11.7. The second-order valence-electron chi connectivity index (χ2n) is 3.42. The van der Waals surface area contributed by atoms with Gasteiger partial charge in [-0.15, -0.1) is 0 Å². The van der Waals surface area contributed by atoms with Crippen molar-refractivity contribution >= 4 is 28.3 Å². The van der Waals surface area contributed by atoms with E-state index in [4.69, 9.17) is 15.7 Å². The van der Waals surface area contributed by atoms with E-state index in [9.17, 15) is 0 Å². The molecule has 2 aromatic carbocycles. The number of hydrogen-bond acceptors (Lipinski definition) is 3. The van der Waals surface area contributed by atoms with Crippen LogP contribution in [0, 0.1) is 14.9 Å². The molecule has 0 radical (unpaired) electrons. The maximum absolute atomic E-state index is 8.73. The Kier molecular flexibility index (Phi) is 3.49. The Balaban J connectivity index is 2.28. The van der Waals surface area contributed by atoms with Crippen molar-refractivity contribution in [2.75, 3.05) is 5.73 Å². The Morgan fingerprint density at radius 1 is 1.18 bits per heavy atom. The molecule has 0 heterocycles. The molecule has 2 N–H and O–H groups in total. The molecular formula is C13H9IN2O. The quantitative estimate of drug-likeness (QED) is 0.674. The zero-order valence-corrected chi connectivity index (χ0v) is 11.0. The first-order chi connectivity index (χ1) is 8.19. The van der Waals surface area contributed by atoms with E-state index in [2.05, 4.69) is 22.6 Å². The lowest BCUT2D eigenvalue weighted by atomic mass is 10.2. The van der Waals surface area contributed by atoms with Crippen molar-refractivity contribution in [2.24, 2.45) is 0 Å². The van der Waals surface area contributed by atoms with Gasteiger partial charge in [-0.3, -0.25) is 0 Å². The SMILES string of the molecule is N#Cc1ccc(Oc2cccc(I)c2)c(N)c1. The van der Waals surface area contributed by atoms with Gasteiger partial charge in [0.2, 0.25) is 0 Å². The molecule has 0 saturated carbocycles. The fraction of sp³-hybridized carbons (Fsp3) is 0. The normalized spacial score (nSPS) is 9.65. The molecule has 0 aliphatic rings. The number of nitriles is 1. The first-order valence-corrected chi connectivity index (χ1v) is 6.00. The maximum atomic E-state index is 8.73. The summed E-state index contributed by atoms with van der Waals surface area (Å²) in [5, 5.41) is 8.73. The molecule has 0 fully saturated rings. The number of rotatable bonds is 2. The fourth-order valence-electron chi connectivity index (χ4n) is 1.37. The van der Waals surface area contributed by atoms with Crippen molar-refractivity contribution in [3.8, 4) is 17.6 Å². The summed E-state index contributed by atoms with van der Waals surface area (Å²) < 4.78 is 6.74. The molecule has 84 valence electrons. The highest BCUT2D eigenvalue weighted by molar-refractivity contribution is 14.1. The molecule has 2 rings (SSSR count). The molecule has 0 aliphatic carbocycles. The molecular weight excluding hydrogens is 327 g/mol. The summed E-state index contributed by atoms with van der Waals surface area (Å²) in [5.74, 6) is 1.29. The average Bonchev–Trinajstić information content (AvgIpc) is 2.32. The monoisotopic (exact) mass is 336 g/mol. The zero-order chi connectivity index (χ0) is 12.3. The molecule has 0 atom stereocenters. The predicted molar refractivity (Wildman–Crippen MR) is 74.8 cm³/mol. The third-order valence-corrected chi connectivity index (χ3v) is 2.83.